The number of aromatic nitrogens is 3. The Labute approximate surface area is 118 Å². The van der Waals surface area contributed by atoms with E-state index in [-0.39, 0.29) is 6.61 Å². The molecule has 1 aromatic heterocycles. The number of aliphatic hydroxyl groups is 1. The lowest BCUT2D eigenvalue weighted by Crippen LogP contribution is -2.22. The van der Waals surface area contributed by atoms with Crippen LogP contribution in [-0.2, 0) is 19.4 Å². The number of aryl methyl sites for hydroxylation is 1. The summed E-state index contributed by atoms with van der Waals surface area (Å²) >= 11 is 0. The van der Waals surface area contributed by atoms with E-state index in [1.807, 2.05) is 22.9 Å². The second-order valence-electron chi connectivity index (χ2n) is 5.24. The molecule has 20 heavy (non-hydrogen) atoms. The standard InChI is InChI=1S/C15H19N3O2/c1-20-13-4-2-3-11(7-13)8-14-16-15-9-12(10-19)5-6-18(15)17-14/h2-4,7,12,19H,5-6,8-10H2,1H3. The average molecular weight is 273 g/mol. The van der Waals surface area contributed by atoms with Crippen molar-refractivity contribution >= 4 is 0 Å². The van der Waals surface area contributed by atoms with Crippen LogP contribution < -0.4 is 4.74 Å². The lowest BCUT2D eigenvalue weighted by molar-refractivity contribution is 0.196. The Kier molecular flexibility index (Phi) is 3.69. The maximum Gasteiger partial charge on any atom is 0.155 e. The molecule has 0 saturated carbocycles. The van der Waals surface area contributed by atoms with Gasteiger partial charge in [-0.15, -0.1) is 0 Å². The fourth-order valence-corrected chi connectivity index (χ4v) is 2.62. The van der Waals surface area contributed by atoms with Crippen LogP contribution in [0.3, 0.4) is 0 Å². The smallest absolute Gasteiger partial charge is 0.155 e. The molecule has 0 spiro atoms. The van der Waals surface area contributed by atoms with Gasteiger partial charge in [-0.2, -0.15) is 5.10 Å². The predicted octanol–water partition coefficient (Wildman–Crippen LogP) is 1.43. The van der Waals surface area contributed by atoms with E-state index in [0.717, 1.165) is 42.3 Å². The monoisotopic (exact) mass is 273 g/mol. The molecular formula is C15H19N3O2. The van der Waals surface area contributed by atoms with Gasteiger partial charge in [0.1, 0.15) is 11.6 Å². The van der Waals surface area contributed by atoms with E-state index in [4.69, 9.17) is 4.74 Å². The molecule has 0 aliphatic carbocycles. The molecule has 0 bridgehead atoms. The Morgan fingerprint density at radius 2 is 2.35 bits per heavy atom. The van der Waals surface area contributed by atoms with Crippen molar-refractivity contribution in [3.05, 3.63) is 41.5 Å². The highest BCUT2D eigenvalue weighted by molar-refractivity contribution is 5.30. The van der Waals surface area contributed by atoms with E-state index in [1.54, 1.807) is 7.11 Å². The number of aliphatic hydroxyl groups excluding tert-OH is 1. The number of methoxy groups -OCH3 is 1. The number of ether oxygens (including phenoxy) is 1. The van der Waals surface area contributed by atoms with Crippen LogP contribution in [0.15, 0.2) is 24.3 Å². The summed E-state index contributed by atoms with van der Waals surface area (Å²) in [6.07, 6.45) is 2.51. The number of hydrogen-bond acceptors (Lipinski definition) is 4. The molecular weight excluding hydrogens is 254 g/mol. The second-order valence-corrected chi connectivity index (χ2v) is 5.24. The normalized spacial score (nSPS) is 17.8. The van der Waals surface area contributed by atoms with E-state index in [0.29, 0.717) is 12.3 Å². The molecule has 1 atom stereocenters. The van der Waals surface area contributed by atoms with E-state index in [2.05, 4.69) is 16.1 Å². The van der Waals surface area contributed by atoms with Crippen molar-refractivity contribution in [3.8, 4) is 5.75 Å². The van der Waals surface area contributed by atoms with Gasteiger partial charge in [0.05, 0.1) is 7.11 Å². The van der Waals surface area contributed by atoms with Crippen molar-refractivity contribution in [2.45, 2.75) is 25.8 Å². The maximum atomic E-state index is 9.24. The lowest BCUT2D eigenvalue weighted by atomic mass is 9.99. The molecule has 5 nitrogen and oxygen atoms in total. The van der Waals surface area contributed by atoms with Gasteiger partial charge in [0.15, 0.2) is 5.82 Å². The Morgan fingerprint density at radius 1 is 1.45 bits per heavy atom. The van der Waals surface area contributed by atoms with E-state index < -0.39 is 0 Å². The van der Waals surface area contributed by atoms with Gasteiger partial charge in [-0.05, 0) is 30.0 Å². The van der Waals surface area contributed by atoms with Gasteiger partial charge >= 0.3 is 0 Å². The fourth-order valence-electron chi connectivity index (χ4n) is 2.62. The Bertz CT molecular complexity index is 595. The highest BCUT2D eigenvalue weighted by atomic mass is 16.5. The lowest BCUT2D eigenvalue weighted by Gasteiger charge is -2.19. The Balaban J connectivity index is 1.77. The first-order valence-corrected chi connectivity index (χ1v) is 6.95. The summed E-state index contributed by atoms with van der Waals surface area (Å²) in [6.45, 7) is 1.09. The first kappa shape index (κ1) is 13.1. The third-order valence-electron chi connectivity index (χ3n) is 3.77. The second kappa shape index (κ2) is 5.63. The summed E-state index contributed by atoms with van der Waals surface area (Å²) in [4.78, 5) is 4.60. The molecule has 106 valence electrons. The maximum absolute atomic E-state index is 9.24. The van der Waals surface area contributed by atoms with E-state index in [9.17, 15) is 5.11 Å². The van der Waals surface area contributed by atoms with Crippen molar-refractivity contribution in [1.29, 1.82) is 0 Å². The molecule has 3 rings (SSSR count). The van der Waals surface area contributed by atoms with Crippen molar-refractivity contribution in [2.75, 3.05) is 13.7 Å². The molecule has 1 aromatic carbocycles. The van der Waals surface area contributed by atoms with Crippen LogP contribution in [0.25, 0.3) is 0 Å². The van der Waals surface area contributed by atoms with E-state index in [1.165, 1.54) is 0 Å². The minimum Gasteiger partial charge on any atom is -0.497 e. The van der Waals surface area contributed by atoms with Crippen LogP contribution in [0.1, 0.15) is 23.6 Å². The molecule has 0 amide bonds. The van der Waals surface area contributed by atoms with Crippen molar-refractivity contribution in [3.63, 3.8) is 0 Å². The average Bonchev–Trinajstić information content (AvgIpc) is 2.88. The zero-order chi connectivity index (χ0) is 13.9. The van der Waals surface area contributed by atoms with Crippen LogP contribution in [-0.4, -0.2) is 33.6 Å². The summed E-state index contributed by atoms with van der Waals surface area (Å²) < 4.78 is 7.20. The minimum absolute atomic E-state index is 0.234. The van der Waals surface area contributed by atoms with Crippen molar-refractivity contribution in [2.24, 2.45) is 5.92 Å². The van der Waals surface area contributed by atoms with Crippen LogP contribution in [0, 0.1) is 5.92 Å². The highest BCUT2D eigenvalue weighted by Crippen LogP contribution is 2.20. The van der Waals surface area contributed by atoms with Crippen LogP contribution in [0.4, 0.5) is 0 Å². The van der Waals surface area contributed by atoms with Crippen molar-refractivity contribution < 1.29 is 9.84 Å². The Hall–Kier alpha value is -1.88. The number of hydrogen-bond donors (Lipinski definition) is 1. The molecule has 1 unspecified atom stereocenters. The van der Waals surface area contributed by atoms with Crippen LogP contribution in [0.5, 0.6) is 5.75 Å². The van der Waals surface area contributed by atoms with Gasteiger partial charge in [-0.25, -0.2) is 9.67 Å². The summed E-state index contributed by atoms with van der Waals surface area (Å²) in [5.74, 6) is 3.02. The third-order valence-corrected chi connectivity index (χ3v) is 3.77. The van der Waals surface area contributed by atoms with Gasteiger partial charge in [-0.1, -0.05) is 12.1 Å². The number of benzene rings is 1. The van der Waals surface area contributed by atoms with Gasteiger partial charge in [0, 0.05) is 26.0 Å². The molecule has 0 radical (unpaired) electrons. The largest absolute Gasteiger partial charge is 0.497 e. The highest BCUT2D eigenvalue weighted by Gasteiger charge is 2.21. The summed E-state index contributed by atoms with van der Waals surface area (Å²) in [5, 5.41) is 13.8. The zero-order valence-electron chi connectivity index (χ0n) is 11.6. The first-order chi connectivity index (χ1) is 9.78. The van der Waals surface area contributed by atoms with Crippen molar-refractivity contribution in [1.82, 2.24) is 14.8 Å². The zero-order valence-corrected chi connectivity index (χ0v) is 11.6. The topological polar surface area (TPSA) is 60.2 Å². The number of rotatable bonds is 4. The third kappa shape index (κ3) is 2.67. The number of nitrogens with zero attached hydrogens (tertiary/aromatic N) is 3. The minimum atomic E-state index is 0.234. The molecule has 1 aliphatic rings. The van der Waals surface area contributed by atoms with Gasteiger partial charge in [0.25, 0.3) is 0 Å². The summed E-state index contributed by atoms with van der Waals surface area (Å²) in [7, 11) is 1.67. The van der Waals surface area contributed by atoms with Crippen LogP contribution in [0.2, 0.25) is 0 Å². The van der Waals surface area contributed by atoms with Crippen LogP contribution >= 0.6 is 0 Å². The molecule has 1 N–H and O–H groups in total. The number of fused-ring (bicyclic) bond motifs is 1. The molecule has 2 aromatic rings. The fraction of sp³-hybridized carbons (Fsp3) is 0.467. The van der Waals surface area contributed by atoms with Gasteiger partial charge < -0.3 is 9.84 Å². The molecule has 0 saturated heterocycles. The molecule has 1 aliphatic heterocycles. The van der Waals surface area contributed by atoms with E-state index >= 15 is 0 Å². The molecule has 2 heterocycles. The summed E-state index contributed by atoms with van der Waals surface area (Å²) in [6, 6.07) is 7.97. The predicted molar refractivity (Wildman–Crippen MR) is 74.7 cm³/mol. The molecule has 5 heteroatoms. The first-order valence-electron chi connectivity index (χ1n) is 6.95. The van der Waals surface area contributed by atoms with Gasteiger partial charge in [0.2, 0.25) is 0 Å². The summed E-state index contributed by atoms with van der Waals surface area (Å²) in [5.41, 5.74) is 1.14. The Morgan fingerprint density at radius 3 is 3.15 bits per heavy atom. The molecule has 0 fully saturated rings. The SMILES string of the molecule is COc1cccc(Cc2nc3n(n2)CCC(CO)C3)c1. The van der Waals surface area contributed by atoms with Gasteiger partial charge in [-0.3, -0.25) is 0 Å². The quantitative estimate of drug-likeness (QED) is 0.915.